The van der Waals surface area contributed by atoms with Gasteiger partial charge in [0.25, 0.3) is 5.91 Å². The van der Waals surface area contributed by atoms with Gasteiger partial charge in [-0.05, 0) is 49.8 Å². The topological polar surface area (TPSA) is 55.4 Å². The lowest BCUT2D eigenvalue weighted by atomic mass is 10.1. The number of hydrogen-bond acceptors (Lipinski definition) is 3. The van der Waals surface area contributed by atoms with Gasteiger partial charge in [-0.25, -0.2) is 4.79 Å². The third-order valence-electron chi connectivity index (χ3n) is 3.03. The van der Waals surface area contributed by atoms with Crippen molar-refractivity contribution in [2.45, 2.75) is 20.0 Å². The Morgan fingerprint density at radius 1 is 1.04 bits per heavy atom. The van der Waals surface area contributed by atoms with Gasteiger partial charge in [-0.15, -0.1) is 0 Å². The van der Waals surface area contributed by atoms with E-state index < -0.39 is 5.97 Å². The number of carbonyl (C=O) groups is 2. The predicted octanol–water partition coefficient (Wildman–Crippen LogP) is 4.06. The van der Waals surface area contributed by atoms with E-state index in [-0.39, 0.29) is 17.7 Å². The second-order valence-corrected chi connectivity index (χ2v) is 5.82. The molecule has 2 aromatic carbocycles. The Hall–Kier alpha value is -2.59. The lowest BCUT2D eigenvalue weighted by Crippen LogP contribution is -2.29. The summed E-state index contributed by atoms with van der Waals surface area (Å²) in [6.45, 7) is 3.49. The van der Waals surface area contributed by atoms with Crippen LogP contribution in [-0.2, 0) is 9.53 Å². The molecular formula is C19H18ClNO3. The molecule has 0 radical (unpaired) electrons. The van der Waals surface area contributed by atoms with Crippen LogP contribution in [0.4, 0.5) is 0 Å². The molecule has 0 heterocycles. The van der Waals surface area contributed by atoms with Gasteiger partial charge < -0.3 is 10.1 Å². The van der Waals surface area contributed by atoms with Crippen LogP contribution >= 0.6 is 11.6 Å². The highest BCUT2D eigenvalue weighted by atomic mass is 35.5. The summed E-state index contributed by atoms with van der Waals surface area (Å²) in [7, 11) is 0. The number of ether oxygens (including phenoxy) is 1. The van der Waals surface area contributed by atoms with Gasteiger partial charge in [0.1, 0.15) is 5.70 Å². The van der Waals surface area contributed by atoms with Crippen molar-refractivity contribution in [1.29, 1.82) is 0 Å². The van der Waals surface area contributed by atoms with E-state index in [2.05, 4.69) is 5.32 Å². The first kappa shape index (κ1) is 17.8. The van der Waals surface area contributed by atoms with Gasteiger partial charge in [0.2, 0.25) is 0 Å². The number of esters is 1. The molecule has 2 aromatic rings. The molecule has 0 bridgehead atoms. The van der Waals surface area contributed by atoms with E-state index in [1.807, 2.05) is 6.07 Å². The van der Waals surface area contributed by atoms with Crippen molar-refractivity contribution in [3.05, 3.63) is 76.4 Å². The zero-order chi connectivity index (χ0) is 17.5. The summed E-state index contributed by atoms with van der Waals surface area (Å²) in [5.41, 5.74) is 1.25. The highest BCUT2D eigenvalue weighted by molar-refractivity contribution is 6.30. The van der Waals surface area contributed by atoms with Crippen molar-refractivity contribution < 1.29 is 14.3 Å². The predicted molar refractivity (Wildman–Crippen MR) is 94.6 cm³/mol. The molecule has 0 aliphatic heterocycles. The average Bonchev–Trinajstić information content (AvgIpc) is 2.56. The van der Waals surface area contributed by atoms with E-state index in [4.69, 9.17) is 16.3 Å². The smallest absolute Gasteiger partial charge is 0.355 e. The van der Waals surface area contributed by atoms with Crippen molar-refractivity contribution in [2.24, 2.45) is 0 Å². The zero-order valence-corrected chi connectivity index (χ0v) is 14.2. The largest absolute Gasteiger partial charge is 0.458 e. The number of carbonyl (C=O) groups excluding carboxylic acids is 2. The number of benzene rings is 2. The minimum atomic E-state index is -0.593. The SMILES string of the molecule is CC(C)OC(=O)C(=Cc1ccc(Cl)cc1)NC(=O)c1ccccc1. The van der Waals surface area contributed by atoms with Crippen molar-refractivity contribution in [2.75, 3.05) is 0 Å². The highest BCUT2D eigenvalue weighted by Gasteiger charge is 2.17. The molecule has 24 heavy (non-hydrogen) atoms. The van der Waals surface area contributed by atoms with E-state index in [1.165, 1.54) is 0 Å². The summed E-state index contributed by atoms with van der Waals surface area (Å²) in [4.78, 5) is 24.6. The van der Waals surface area contributed by atoms with E-state index in [0.29, 0.717) is 10.6 Å². The second kappa shape index (κ2) is 8.31. The Morgan fingerprint density at radius 3 is 2.25 bits per heavy atom. The number of nitrogens with one attached hydrogen (secondary N) is 1. The third kappa shape index (κ3) is 5.25. The van der Waals surface area contributed by atoms with E-state index in [0.717, 1.165) is 5.56 Å². The fraction of sp³-hybridized carbons (Fsp3) is 0.158. The molecule has 0 saturated heterocycles. The average molecular weight is 344 g/mol. The number of rotatable bonds is 5. The molecule has 4 nitrogen and oxygen atoms in total. The van der Waals surface area contributed by atoms with Crippen LogP contribution in [0.15, 0.2) is 60.3 Å². The summed E-state index contributed by atoms with van der Waals surface area (Å²) in [6, 6.07) is 15.6. The Bertz CT molecular complexity index is 737. The van der Waals surface area contributed by atoms with Gasteiger partial charge in [0, 0.05) is 10.6 Å². The van der Waals surface area contributed by atoms with Gasteiger partial charge in [-0.3, -0.25) is 4.79 Å². The van der Waals surface area contributed by atoms with Crippen molar-refractivity contribution in [1.82, 2.24) is 5.32 Å². The van der Waals surface area contributed by atoms with Crippen LogP contribution in [0.2, 0.25) is 5.02 Å². The van der Waals surface area contributed by atoms with E-state index >= 15 is 0 Å². The maximum atomic E-state index is 12.3. The molecule has 2 rings (SSSR count). The summed E-state index contributed by atoms with van der Waals surface area (Å²) >= 11 is 5.86. The third-order valence-corrected chi connectivity index (χ3v) is 3.28. The molecule has 0 saturated carbocycles. The van der Waals surface area contributed by atoms with Crippen LogP contribution in [-0.4, -0.2) is 18.0 Å². The molecule has 0 aromatic heterocycles. The summed E-state index contributed by atoms with van der Waals surface area (Å²) in [5, 5.41) is 3.21. The van der Waals surface area contributed by atoms with Crippen LogP contribution in [0.1, 0.15) is 29.8 Å². The van der Waals surface area contributed by atoms with E-state index in [9.17, 15) is 9.59 Å². The normalized spacial score (nSPS) is 11.2. The molecule has 124 valence electrons. The molecule has 0 aliphatic carbocycles. The van der Waals surface area contributed by atoms with Gasteiger partial charge in [-0.1, -0.05) is 41.9 Å². The highest BCUT2D eigenvalue weighted by Crippen LogP contribution is 2.13. The van der Waals surface area contributed by atoms with Crippen molar-refractivity contribution in [3.8, 4) is 0 Å². The Balaban J connectivity index is 2.27. The van der Waals surface area contributed by atoms with Gasteiger partial charge >= 0.3 is 5.97 Å². The van der Waals surface area contributed by atoms with Gasteiger partial charge in [0.15, 0.2) is 0 Å². The molecule has 0 spiro atoms. The van der Waals surface area contributed by atoms with Crippen LogP contribution in [0, 0.1) is 0 Å². The quantitative estimate of drug-likeness (QED) is 0.658. The maximum Gasteiger partial charge on any atom is 0.355 e. The Labute approximate surface area is 146 Å². The van der Waals surface area contributed by atoms with Gasteiger partial charge in [-0.2, -0.15) is 0 Å². The molecule has 0 aliphatic rings. The Morgan fingerprint density at radius 2 is 1.67 bits per heavy atom. The molecule has 1 N–H and O–H groups in total. The lowest BCUT2D eigenvalue weighted by molar-refractivity contribution is -0.142. The molecule has 0 unspecified atom stereocenters. The van der Waals surface area contributed by atoms with Crippen molar-refractivity contribution in [3.63, 3.8) is 0 Å². The fourth-order valence-corrected chi connectivity index (χ4v) is 2.06. The van der Waals surface area contributed by atoms with E-state index in [1.54, 1.807) is 68.5 Å². The number of hydrogen-bond donors (Lipinski definition) is 1. The van der Waals surface area contributed by atoms with Crippen molar-refractivity contribution >= 4 is 29.6 Å². The first-order chi connectivity index (χ1) is 11.5. The first-order valence-corrected chi connectivity index (χ1v) is 7.88. The minimum absolute atomic E-state index is 0.0693. The first-order valence-electron chi connectivity index (χ1n) is 7.50. The van der Waals surface area contributed by atoms with Gasteiger partial charge in [0.05, 0.1) is 6.10 Å². The molecule has 1 amide bonds. The molecule has 0 atom stereocenters. The summed E-state index contributed by atoms with van der Waals surface area (Å²) in [6.07, 6.45) is 1.27. The van der Waals surface area contributed by atoms with Crippen LogP contribution in [0.3, 0.4) is 0 Å². The molecule has 0 fully saturated rings. The minimum Gasteiger partial charge on any atom is -0.458 e. The van der Waals surface area contributed by atoms with Crippen LogP contribution in [0.25, 0.3) is 6.08 Å². The maximum absolute atomic E-state index is 12.3. The Kier molecular flexibility index (Phi) is 6.15. The molecule has 5 heteroatoms. The molecular weight excluding hydrogens is 326 g/mol. The number of halogens is 1. The standard InChI is InChI=1S/C19H18ClNO3/c1-13(2)24-19(23)17(12-14-8-10-16(20)11-9-14)21-18(22)15-6-4-3-5-7-15/h3-13H,1-2H3,(H,21,22). The van der Waals surface area contributed by atoms with Crippen LogP contribution in [0.5, 0.6) is 0 Å². The summed E-state index contributed by atoms with van der Waals surface area (Å²) in [5.74, 6) is -0.972. The number of amides is 1. The summed E-state index contributed by atoms with van der Waals surface area (Å²) < 4.78 is 5.20. The monoisotopic (exact) mass is 343 g/mol. The zero-order valence-electron chi connectivity index (χ0n) is 13.5. The lowest BCUT2D eigenvalue weighted by Gasteiger charge is -2.12. The van der Waals surface area contributed by atoms with Crippen LogP contribution < -0.4 is 5.32 Å². The second-order valence-electron chi connectivity index (χ2n) is 5.38. The fourth-order valence-electron chi connectivity index (χ4n) is 1.93.